The molecule has 106 valence electrons. The molecular weight excluding hydrogens is 415 g/mol. The summed E-state index contributed by atoms with van der Waals surface area (Å²) in [5.74, 6) is 0. The highest BCUT2D eigenvalue weighted by atomic mass is 79.9. The van der Waals surface area contributed by atoms with E-state index in [2.05, 4.69) is 49.3 Å². The molecule has 2 nitrogen and oxygen atoms in total. The number of nitriles is 1. The Balaban J connectivity index is 2.00. The van der Waals surface area contributed by atoms with Gasteiger partial charge in [0.05, 0.1) is 11.1 Å². The Morgan fingerprint density at radius 1 is 1.19 bits per heavy atom. The van der Waals surface area contributed by atoms with Gasteiger partial charge in [-0.1, -0.05) is 33.6 Å². The Kier molecular flexibility index (Phi) is 4.00. The third-order valence-electron chi connectivity index (χ3n) is 3.76. The monoisotopic (exact) mass is 424 g/mol. The van der Waals surface area contributed by atoms with Gasteiger partial charge in [-0.05, 0) is 70.2 Å². The summed E-state index contributed by atoms with van der Waals surface area (Å²) in [5, 5.41) is 13.8. The number of nitrogens with zero attached hydrogens (tertiary/aromatic N) is 1. The quantitative estimate of drug-likeness (QED) is 0.674. The molecule has 1 unspecified atom stereocenters. The minimum Gasteiger partial charge on any atom is -0.364 e. The van der Waals surface area contributed by atoms with Gasteiger partial charge in [0.15, 0.2) is 5.54 Å². The summed E-state index contributed by atoms with van der Waals surface area (Å²) in [6, 6.07) is 14.2. The molecule has 1 atom stereocenters. The zero-order chi connectivity index (χ0) is 15.0. The first-order valence-corrected chi connectivity index (χ1v) is 8.44. The second-order valence-electron chi connectivity index (χ2n) is 5.07. The number of benzene rings is 2. The zero-order valence-electron chi connectivity index (χ0n) is 11.0. The predicted molar refractivity (Wildman–Crippen MR) is 92.5 cm³/mol. The van der Waals surface area contributed by atoms with Crippen molar-refractivity contribution in [3.63, 3.8) is 0 Å². The summed E-state index contributed by atoms with van der Waals surface area (Å²) < 4.78 is 1.86. The maximum Gasteiger partial charge on any atom is 0.151 e. The van der Waals surface area contributed by atoms with Crippen LogP contribution in [0.25, 0.3) is 0 Å². The Bertz CT molecular complexity index is 754. The lowest BCUT2D eigenvalue weighted by Crippen LogP contribution is -2.31. The van der Waals surface area contributed by atoms with Crippen molar-refractivity contribution in [2.24, 2.45) is 0 Å². The molecule has 0 amide bonds. The average molecular weight is 427 g/mol. The minimum absolute atomic E-state index is 0.655. The number of hydrogen-bond donors (Lipinski definition) is 1. The van der Waals surface area contributed by atoms with Crippen LogP contribution in [-0.2, 0) is 12.0 Å². The van der Waals surface area contributed by atoms with Gasteiger partial charge in [-0.15, -0.1) is 0 Å². The smallest absolute Gasteiger partial charge is 0.151 e. The number of hydrogen-bond acceptors (Lipinski definition) is 2. The lowest BCUT2D eigenvalue weighted by atomic mass is 9.93. The predicted octanol–water partition coefficient (Wildman–Crippen LogP) is 5.64. The van der Waals surface area contributed by atoms with Crippen molar-refractivity contribution in [3.8, 4) is 6.07 Å². The first-order chi connectivity index (χ1) is 10.0. The molecule has 21 heavy (non-hydrogen) atoms. The zero-order valence-corrected chi connectivity index (χ0v) is 14.9. The highest BCUT2D eigenvalue weighted by molar-refractivity contribution is 9.10. The van der Waals surface area contributed by atoms with Gasteiger partial charge in [0, 0.05) is 14.6 Å². The average Bonchev–Trinajstić information content (AvgIpc) is 2.81. The maximum atomic E-state index is 9.76. The van der Waals surface area contributed by atoms with E-state index in [1.807, 2.05) is 30.3 Å². The van der Waals surface area contributed by atoms with Crippen LogP contribution in [0.3, 0.4) is 0 Å². The lowest BCUT2D eigenvalue weighted by Gasteiger charge is -2.25. The van der Waals surface area contributed by atoms with Crippen molar-refractivity contribution < 1.29 is 0 Å². The summed E-state index contributed by atoms with van der Waals surface area (Å²) >= 11 is 12.9. The Morgan fingerprint density at radius 3 is 2.71 bits per heavy atom. The molecule has 5 heteroatoms. The van der Waals surface area contributed by atoms with Crippen LogP contribution in [0.5, 0.6) is 0 Å². The summed E-state index contributed by atoms with van der Waals surface area (Å²) in [5.41, 5.74) is 2.47. The molecular formula is C16H11Br2ClN2. The van der Waals surface area contributed by atoms with Crippen molar-refractivity contribution in [2.45, 2.75) is 18.4 Å². The largest absolute Gasteiger partial charge is 0.364 e. The van der Waals surface area contributed by atoms with Crippen LogP contribution in [0.15, 0.2) is 45.3 Å². The maximum absolute atomic E-state index is 9.76. The van der Waals surface area contributed by atoms with E-state index in [-0.39, 0.29) is 0 Å². The van der Waals surface area contributed by atoms with Crippen molar-refractivity contribution in [1.29, 1.82) is 5.26 Å². The fourth-order valence-electron chi connectivity index (χ4n) is 2.74. The van der Waals surface area contributed by atoms with Crippen LogP contribution in [0.2, 0.25) is 5.02 Å². The second kappa shape index (κ2) is 5.64. The standard InChI is InChI=1S/C16H11Br2ClN2/c17-11-1-3-13-10(7-11)5-6-16(13,9-20)21-12-2-4-15(19)14(18)8-12/h1-4,7-8,21H,5-6H2. The normalized spacial score (nSPS) is 19.9. The van der Waals surface area contributed by atoms with Gasteiger partial charge >= 0.3 is 0 Å². The van der Waals surface area contributed by atoms with E-state index in [1.54, 1.807) is 0 Å². The molecule has 2 aromatic rings. The Labute approximate surface area is 145 Å². The number of aryl methyl sites for hydroxylation is 1. The first-order valence-electron chi connectivity index (χ1n) is 6.47. The van der Waals surface area contributed by atoms with Gasteiger partial charge < -0.3 is 5.32 Å². The molecule has 3 rings (SSSR count). The van der Waals surface area contributed by atoms with Crippen molar-refractivity contribution >= 4 is 49.1 Å². The third kappa shape index (κ3) is 2.70. The van der Waals surface area contributed by atoms with Crippen LogP contribution in [0.4, 0.5) is 5.69 Å². The molecule has 2 aromatic carbocycles. The van der Waals surface area contributed by atoms with Crippen LogP contribution in [0.1, 0.15) is 17.5 Å². The molecule has 0 radical (unpaired) electrons. The molecule has 0 fully saturated rings. The van der Waals surface area contributed by atoms with E-state index in [1.165, 1.54) is 5.56 Å². The number of rotatable bonds is 2. The van der Waals surface area contributed by atoms with Crippen LogP contribution < -0.4 is 5.32 Å². The molecule has 0 saturated heterocycles. The van der Waals surface area contributed by atoms with Crippen molar-refractivity contribution in [1.82, 2.24) is 0 Å². The van der Waals surface area contributed by atoms with E-state index < -0.39 is 5.54 Å². The van der Waals surface area contributed by atoms with Crippen LogP contribution >= 0.6 is 43.5 Å². The molecule has 0 bridgehead atoms. The molecule has 1 aliphatic carbocycles. The Morgan fingerprint density at radius 2 is 2.00 bits per heavy atom. The molecule has 0 saturated carbocycles. The number of nitrogens with one attached hydrogen (secondary N) is 1. The van der Waals surface area contributed by atoms with E-state index in [4.69, 9.17) is 11.6 Å². The second-order valence-corrected chi connectivity index (χ2v) is 7.25. The molecule has 0 aromatic heterocycles. The third-order valence-corrected chi connectivity index (χ3v) is 5.47. The molecule has 0 aliphatic heterocycles. The molecule has 0 heterocycles. The van der Waals surface area contributed by atoms with E-state index >= 15 is 0 Å². The van der Waals surface area contributed by atoms with E-state index in [0.29, 0.717) is 5.02 Å². The van der Waals surface area contributed by atoms with Crippen LogP contribution in [-0.4, -0.2) is 0 Å². The molecule has 0 spiro atoms. The van der Waals surface area contributed by atoms with Crippen molar-refractivity contribution in [2.75, 3.05) is 5.32 Å². The van der Waals surface area contributed by atoms with Gasteiger partial charge in [0.2, 0.25) is 0 Å². The molecule has 1 aliphatic rings. The van der Waals surface area contributed by atoms with Gasteiger partial charge in [-0.3, -0.25) is 0 Å². The van der Waals surface area contributed by atoms with Crippen LogP contribution in [0, 0.1) is 11.3 Å². The van der Waals surface area contributed by atoms with Gasteiger partial charge in [0.1, 0.15) is 0 Å². The fourth-order valence-corrected chi connectivity index (χ4v) is 3.64. The highest BCUT2D eigenvalue weighted by Crippen LogP contribution is 2.41. The first kappa shape index (κ1) is 14.9. The van der Waals surface area contributed by atoms with Gasteiger partial charge in [-0.2, -0.15) is 5.26 Å². The highest BCUT2D eigenvalue weighted by Gasteiger charge is 2.39. The number of halogens is 3. The SMILES string of the molecule is N#CC1(Nc2ccc(Cl)c(Br)c2)CCc2cc(Br)ccc21. The van der Waals surface area contributed by atoms with Gasteiger partial charge in [0.25, 0.3) is 0 Å². The van der Waals surface area contributed by atoms with Gasteiger partial charge in [-0.25, -0.2) is 0 Å². The number of anilines is 1. The summed E-state index contributed by atoms with van der Waals surface area (Å²) in [7, 11) is 0. The minimum atomic E-state index is -0.677. The summed E-state index contributed by atoms with van der Waals surface area (Å²) in [6.45, 7) is 0. The topological polar surface area (TPSA) is 35.8 Å². The van der Waals surface area contributed by atoms with Crippen molar-refractivity contribution in [3.05, 3.63) is 61.5 Å². The summed E-state index contributed by atoms with van der Waals surface area (Å²) in [4.78, 5) is 0. The Hall–Kier alpha value is -1.02. The lowest BCUT2D eigenvalue weighted by molar-refractivity contribution is 0.621. The van der Waals surface area contributed by atoms with E-state index in [0.717, 1.165) is 33.0 Å². The fraction of sp³-hybridized carbons (Fsp3) is 0.188. The number of fused-ring (bicyclic) bond motifs is 1. The van der Waals surface area contributed by atoms with E-state index in [9.17, 15) is 5.26 Å². The molecule has 1 N–H and O–H groups in total. The summed E-state index contributed by atoms with van der Waals surface area (Å²) in [6.07, 6.45) is 1.65.